The molecule has 4 atom stereocenters. The predicted molar refractivity (Wildman–Crippen MR) is 338 cm³/mol. The molecule has 0 amide bonds. The number of carbonyl (C=O) groups excluding carboxylic acids is 2. The van der Waals surface area contributed by atoms with Gasteiger partial charge in [0.05, 0.1) is 44.1 Å². The second-order valence-electron chi connectivity index (χ2n) is 23.8. The third-order valence-electron chi connectivity index (χ3n) is 16.0. The molecule has 0 spiro atoms. The van der Waals surface area contributed by atoms with Gasteiger partial charge in [0.1, 0.15) is 0 Å². The Labute approximate surface area is 564 Å². The fourth-order valence-corrected chi connectivity index (χ4v) is 15.5. The molecule has 0 bridgehead atoms. The molecule has 2 unspecified atom stereocenters. The summed E-state index contributed by atoms with van der Waals surface area (Å²) in [5.74, 6) is -1.50. The van der Waals surface area contributed by atoms with E-state index in [1.807, 2.05) is 170 Å². The van der Waals surface area contributed by atoms with Gasteiger partial charge in [-0.05, 0) is 196 Å². The number of rotatable bonds is 24. The van der Waals surface area contributed by atoms with Crippen molar-refractivity contribution in [3.63, 3.8) is 0 Å². The van der Waals surface area contributed by atoms with Crippen molar-refractivity contribution in [2.45, 2.75) is 114 Å². The number of aliphatic carboxylic acids is 2. The van der Waals surface area contributed by atoms with Crippen LogP contribution in [0.25, 0.3) is 46.1 Å². The number of halogens is 2. The van der Waals surface area contributed by atoms with Crippen LogP contribution >= 0.6 is 23.2 Å². The van der Waals surface area contributed by atoms with Gasteiger partial charge in [-0.1, -0.05) is 157 Å². The third kappa shape index (κ3) is 19.2. The predicted octanol–water partition coefficient (Wildman–Crippen LogP) is 7.27. The molecule has 0 saturated heterocycles. The summed E-state index contributed by atoms with van der Waals surface area (Å²) >= 11 is 12.3. The molecule has 2 N–H and O–H groups in total. The van der Waals surface area contributed by atoms with Gasteiger partial charge in [-0.3, -0.25) is 8.42 Å². The first-order valence-electron chi connectivity index (χ1n) is 28.5. The molecule has 0 aliphatic heterocycles. The van der Waals surface area contributed by atoms with Crippen molar-refractivity contribution >= 4 is 103 Å². The summed E-state index contributed by atoms with van der Waals surface area (Å²) in [6, 6.07) is 50.9. The first-order valence-corrected chi connectivity index (χ1v) is 32.0. The average molecular weight is 1250 g/mol. The van der Waals surface area contributed by atoms with E-state index in [-0.39, 0.29) is 82.5 Å². The van der Waals surface area contributed by atoms with Gasteiger partial charge in [-0.25, -0.2) is 9.97 Å². The summed E-state index contributed by atoms with van der Waals surface area (Å²) in [5.41, 5.74) is 7.92. The van der Waals surface area contributed by atoms with Gasteiger partial charge in [-0.2, -0.15) is 0 Å². The summed E-state index contributed by atoms with van der Waals surface area (Å²) in [4.78, 5) is 32.2. The van der Waals surface area contributed by atoms with Gasteiger partial charge in [0.15, 0.2) is 0 Å². The van der Waals surface area contributed by atoms with Crippen molar-refractivity contribution in [2.75, 3.05) is 11.5 Å². The second kappa shape index (κ2) is 30.2. The van der Waals surface area contributed by atoms with Gasteiger partial charge in [0.2, 0.25) is 0 Å². The molecule has 2 saturated carbocycles. The Morgan fingerprint density at radius 3 is 1.27 bits per heavy atom. The minimum atomic E-state index is -1.30. The molecule has 2 fully saturated rings. The van der Waals surface area contributed by atoms with E-state index in [9.17, 15) is 38.4 Å². The number of fused-ring (bicyclic) bond motifs is 2. The maximum Gasteiger partial charge on any atom is 1.00 e. The van der Waals surface area contributed by atoms with Crippen LogP contribution < -0.4 is 69.3 Å². The van der Waals surface area contributed by atoms with Crippen LogP contribution in [0.2, 0.25) is 10.0 Å². The van der Waals surface area contributed by atoms with Gasteiger partial charge in [0.25, 0.3) is 0 Å². The van der Waals surface area contributed by atoms with Crippen molar-refractivity contribution in [2.24, 2.45) is 10.8 Å². The molecule has 2 aliphatic carbocycles. The standard InChI is InChI=1S/2C35H36ClNO4S.2Na/c2*1-34(2,40)30-9-4-3-7-25(30)13-17-32(42(41)23-35(18-19-35)22-33(38)39)27-8-5-6-24(20-27)10-15-29-16-12-26-11-14-28(36)21-31(26)37-29;;/h2*3-12,14-16,20-21,32,40H,13,17-19,22-23H2,1-2H3,(H,38,39);;/q;;2*+1/p-2/b15-10+;15-10-;;/t2*32-,42?;;/m11../s1. The van der Waals surface area contributed by atoms with Gasteiger partial charge < -0.3 is 30.0 Å². The fraction of sp³-hybridized carbons (Fsp3) is 0.314. The maximum absolute atomic E-state index is 13.9. The first-order chi connectivity index (χ1) is 40.0. The van der Waals surface area contributed by atoms with Crippen molar-refractivity contribution in [1.29, 1.82) is 0 Å². The van der Waals surface area contributed by atoms with E-state index in [0.717, 1.165) is 103 Å². The van der Waals surface area contributed by atoms with E-state index in [0.29, 0.717) is 47.2 Å². The topological polar surface area (TPSA) is 181 Å². The number of carboxylic acid groups (broad SMARTS) is 2. The zero-order chi connectivity index (χ0) is 59.8. The average Bonchev–Trinajstić information content (AvgIpc) is 4.58. The molecular weight excluding hydrogens is 1180 g/mol. The second-order valence-corrected chi connectivity index (χ2v) is 27.9. The molecule has 8 aromatic rings. The number of hydrogen-bond donors (Lipinski definition) is 2. The van der Waals surface area contributed by atoms with Crippen LogP contribution in [-0.2, 0) is 55.2 Å². The number of carboxylic acids is 2. The molecule has 2 aliphatic rings. The Morgan fingerprint density at radius 2 is 0.907 bits per heavy atom. The van der Waals surface area contributed by atoms with E-state index in [2.05, 4.69) is 12.1 Å². The number of hydrogen-bond acceptors (Lipinski definition) is 10. The first kappa shape index (κ1) is 68.8. The maximum atomic E-state index is 13.9. The van der Waals surface area contributed by atoms with Crippen LogP contribution in [0.3, 0.4) is 0 Å². The molecule has 86 heavy (non-hydrogen) atoms. The quantitative estimate of drug-likeness (QED) is 0.0585. The minimum absolute atomic E-state index is 0. The summed E-state index contributed by atoms with van der Waals surface area (Å²) in [7, 11) is -2.60. The van der Waals surface area contributed by atoms with E-state index < -0.39 is 55.6 Å². The Morgan fingerprint density at radius 1 is 0.535 bits per heavy atom. The van der Waals surface area contributed by atoms with Crippen molar-refractivity contribution in [3.05, 3.63) is 224 Å². The molecule has 2 heterocycles. The number of aryl methyl sites for hydroxylation is 2. The van der Waals surface area contributed by atoms with E-state index in [4.69, 9.17) is 33.2 Å². The fourth-order valence-electron chi connectivity index (χ4n) is 11.1. The van der Waals surface area contributed by atoms with Gasteiger partial charge in [0, 0.05) is 65.9 Å². The number of aromatic nitrogens is 2. The normalized spacial score (nSPS) is 15.6. The van der Waals surface area contributed by atoms with Crippen LogP contribution in [0.4, 0.5) is 0 Å². The molecule has 2 aromatic heterocycles. The monoisotopic (exact) mass is 1250 g/mol. The van der Waals surface area contributed by atoms with Crippen LogP contribution in [0.5, 0.6) is 0 Å². The van der Waals surface area contributed by atoms with E-state index >= 15 is 0 Å². The number of benzene rings is 6. The number of pyridine rings is 2. The molecule has 10 nitrogen and oxygen atoms in total. The van der Waals surface area contributed by atoms with Gasteiger partial charge >= 0.3 is 59.1 Å². The molecule has 0 radical (unpaired) electrons. The van der Waals surface area contributed by atoms with Crippen molar-refractivity contribution in [1.82, 2.24) is 9.97 Å². The zero-order valence-electron chi connectivity index (χ0n) is 49.8. The van der Waals surface area contributed by atoms with Crippen LogP contribution in [0.1, 0.15) is 145 Å². The van der Waals surface area contributed by atoms with E-state index in [1.54, 1.807) is 27.7 Å². The van der Waals surface area contributed by atoms with Crippen LogP contribution in [-0.4, -0.2) is 52.0 Å². The molecule has 16 heteroatoms. The largest absolute Gasteiger partial charge is 1.00 e. The Kier molecular flexibility index (Phi) is 24.2. The number of nitrogens with zero attached hydrogens (tertiary/aromatic N) is 2. The van der Waals surface area contributed by atoms with E-state index in [1.165, 1.54) is 0 Å². The molecule has 436 valence electrons. The molecule has 10 rings (SSSR count). The number of aliphatic hydroxyl groups is 2. The van der Waals surface area contributed by atoms with Crippen molar-refractivity contribution < 1.29 is 97.5 Å². The smallest absolute Gasteiger partial charge is 0.550 e. The minimum Gasteiger partial charge on any atom is -0.550 e. The summed E-state index contributed by atoms with van der Waals surface area (Å²) < 4.78 is 27.9. The Bertz CT molecular complexity index is 3570. The summed E-state index contributed by atoms with van der Waals surface area (Å²) in [6.07, 6.45) is 13.3. The number of carbonyl (C=O) groups is 2. The van der Waals surface area contributed by atoms with Crippen LogP contribution in [0, 0.1) is 10.8 Å². The van der Waals surface area contributed by atoms with Crippen LogP contribution in [0.15, 0.2) is 158 Å². The van der Waals surface area contributed by atoms with Crippen molar-refractivity contribution in [3.8, 4) is 0 Å². The Balaban J connectivity index is 0.000000240. The summed E-state index contributed by atoms with van der Waals surface area (Å²) in [6.45, 7) is 7.08. The van der Waals surface area contributed by atoms with Gasteiger partial charge in [-0.15, -0.1) is 0 Å². The SMILES string of the molecule is CC(C)(O)c1ccccc1CC[C@H](c1cccc(/C=C/c2ccc3ccc(Cl)cc3n2)c1)S(=O)CC1(CC(=O)[O-])CC1.CC(C)(O)c1ccccc1CC[C@H](c1cccc(/C=C\c2ccc3ccc(Cl)cc3n2)c1)S(=O)CC1(CC(=O)[O-])CC1.[Na+].[Na+]. The summed E-state index contributed by atoms with van der Waals surface area (Å²) in [5, 5.41) is 46.9. The zero-order valence-corrected chi connectivity index (χ0v) is 56.9. The molecule has 6 aromatic carbocycles. The molecular formula is C70H70Cl2N2Na2O8S2. The Hall–Kier alpha value is -4.64. The third-order valence-corrected chi connectivity index (χ3v) is 20.5.